The van der Waals surface area contributed by atoms with Crippen molar-refractivity contribution in [3.05, 3.63) is 23.8 Å². The van der Waals surface area contributed by atoms with E-state index in [-0.39, 0.29) is 17.2 Å². The summed E-state index contributed by atoms with van der Waals surface area (Å²) in [6, 6.07) is 4.87. The first-order valence-corrected chi connectivity index (χ1v) is 6.05. The minimum Gasteiger partial charge on any atom is -0.493 e. The van der Waals surface area contributed by atoms with Crippen molar-refractivity contribution in [1.82, 2.24) is 4.90 Å². The van der Waals surface area contributed by atoms with Crippen molar-refractivity contribution in [3.63, 3.8) is 0 Å². The number of carbonyl (C=O) groups excluding carboxylic acids is 2. The quantitative estimate of drug-likeness (QED) is 0.762. The second kappa shape index (κ2) is 6.79. The van der Waals surface area contributed by atoms with Crippen molar-refractivity contribution in [1.29, 1.82) is 0 Å². The number of carbonyl (C=O) groups is 2. The average molecular weight is 281 g/mol. The molecule has 0 aliphatic heterocycles. The summed E-state index contributed by atoms with van der Waals surface area (Å²) in [6.07, 6.45) is -0.867. The van der Waals surface area contributed by atoms with Gasteiger partial charge in [0.15, 0.2) is 17.6 Å². The number of hydrogen-bond donors (Lipinski definition) is 0. The van der Waals surface area contributed by atoms with Crippen molar-refractivity contribution in [2.24, 2.45) is 0 Å². The van der Waals surface area contributed by atoms with Crippen LogP contribution in [0.2, 0.25) is 0 Å². The van der Waals surface area contributed by atoms with Gasteiger partial charge in [-0.05, 0) is 19.1 Å². The van der Waals surface area contributed by atoms with E-state index in [2.05, 4.69) is 0 Å². The Morgan fingerprint density at radius 1 is 1.15 bits per heavy atom. The van der Waals surface area contributed by atoms with Crippen LogP contribution in [0.15, 0.2) is 18.2 Å². The molecule has 1 aromatic rings. The fourth-order valence-electron chi connectivity index (χ4n) is 1.69. The Morgan fingerprint density at radius 2 is 1.80 bits per heavy atom. The molecule has 1 atom stereocenters. The predicted molar refractivity (Wildman–Crippen MR) is 73.1 cm³/mol. The number of amides is 1. The van der Waals surface area contributed by atoms with Crippen LogP contribution in [0.4, 0.5) is 0 Å². The third-order valence-corrected chi connectivity index (χ3v) is 2.70. The number of esters is 1. The molecular formula is C14H19NO5. The van der Waals surface area contributed by atoms with Gasteiger partial charge in [0.25, 0.3) is 5.91 Å². The summed E-state index contributed by atoms with van der Waals surface area (Å²) in [5.74, 6) is -0.221. The maximum absolute atomic E-state index is 12.1. The van der Waals surface area contributed by atoms with Gasteiger partial charge in [-0.15, -0.1) is 0 Å². The van der Waals surface area contributed by atoms with E-state index >= 15 is 0 Å². The van der Waals surface area contributed by atoms with Crippen LogP contribution in [0.1, 0.15) is 17.3 Å². The zero-order valence-corrected chi connectivity index (χ0v) is 12.3. The van der Waals surface area contributed by atoms with Gasteiger partial charge in [-0.2, -0.15) is 0 Å². The lowest BCUT2D eigenvalue weighted by atomic mass is 10.2. The van der Waals surface area contributed by atoms with Crippen molar-refractivity contribution >= 4 is 11.9 Å². The molecule has 0 aliphatic rings. The van der Waals surface area contributed by atoms with Crippen LogP contribution in [-0.2, 0) is 9.53 Å². The Bertz CT molecular complexity index is 498. The van der Waals surface area contributed by atoms with Crippen LogP contribution >= 0.6 is 0 Å². The lowest BCUT2D eigenvalue weighted by Gasteiger charge is -2.18. The third kappa shape index (κ3) is 3.40. The van der Waals surface area contributed by atoms with E-state index in [1.165, 1.54) is 26.0 Å². The Kier molecular flexibility index (Phi) is 5.37. The van der Waals surface area contributed by atoms with E-state index in [0.717, 1.165) is 0 Å². The van der Waals surface area contributed by atoms with Gasteiger partial charge in [-0.1, -0.05) is 6.07 Å². The van der Waals surface area contributed by atoms with E-state index < -0.39 is 12.1 Å². The summed E-state index contributed by atoms with van der Waals surface area (Å²) >= 11 is 0. The van der Waals surface area contributed by atoms with Crippen molar-refractivity contribution < 1.29 is 23.8 Å². The molecule has 0 spiro atoms. The van der Waals surface area contributed by atoms with Gasteiger partial charge in [-0.25, -0.2) is 4.79 Å². The highest BCUT2D eigenvalue weighted by molar-refractivity contribution is 5.95. The summed E-state index contributed by atoms with van der Waals surface area (Å²) in [6.45, 7) is 1.52. The molecule has 110 valence electrons. The number of nitrogens with zero attached hydrogens (tertiary/aromatic N) is 1. The van der Waals surface area contributed by atoms with Gasteiger partial charge in [0.2, 0.25) is 0 Å². The summed E-state index contributed by atoms with van der Waals surface area (Å²) in [7, 11) is 6.10. The zero-order valence-electron chi connectivity index (χ0n) is 12.3. The molecule has 0 saturated heterocycles. The largest absolute Gasteiger partial charge is 0.493 e. The van der Waals surface area contributed by atoms with E-state index in [9.17, 15) is 9.59 Å². The standard InChI is InChI=1S/C14H19NO5/c1-9(13(16)15(2)3)20-14(17)10-7-6-8-11(18-4)12(10)19-5/h6-9H,1-5H3/t9-/m1/s1. The lowest BCUT2D eigenvalue weighted by Crippen LogP contribution is -2.35. The van der Waals surface area contributed by atoms with Crippen molar-refractivity contribution in [3.8, 4) is 11.5 Å². The molecule has 1 aromatic carbocycles. The van der Waals surface area contributed by atoms with Crippen LogP contribution in [0.3, 0.4) is 0 Å². The van der Waals surface area contributed by atoms with E-state index in [4.69, 9.17) is 14.2 Å². The van der Waals surface area contributed by atoms with Crippen molar-refractivity contribution in [2.45, 2.75) is 13.0 Å². The molecule has 0 aromatic heterocycles. The molecule has 0 aliphatic carbocycles. The number of rotatable bonds is 5. The minimum atomic E-state index is -0.867. The second-order valence-corrected chi connectivity index (χ2v) is 4.32. The zero-order chi connectivity index (χ0) is 15.3. The number of methoxy groups -OCH3 is 2. The molecule has 0 radical (unpaired) electrons. The molecule has 0 saturated carbocycles. The first-order valence-electron chi connectivity index (χ1n) is 6.05. The SMILES string of the molecule is COc1cccc(C(=O)O[C@H](C)C(=O)N(C)C)c1OC. The molecule has 0 heterocycles. The predicted octanol–water partition coefficient (Wildman–Crippen LogP) is 1.34. The summed E-state index contributed by atoms with van der Waals surface area (Å²) < 4.78 is 15.4. The molecule has 1 amide bonds. The molecule has 1 rings (SSSR count). The van der Waals surface area contributed by atoms with E-state index in [1.54, 1.807) is 32.3 Å². The Balaban J connectivity index is 2.96. The number of para-hydroxylation sites is 1. The molecule has 0 fully saturated rings. The first-order chi connectivity index (χ1) is 9.42. The minimum absolute atomic E-state index is 0.213. The maximum atomic E-state index is 12.1. The number of ether oxygens (including phenoxy) is 3. The van der Waals surface area contributed by atoms with E-state index in [1.807, 2.05) is 0 Å². The van der Waals surface area contributed by atoms with E-state index in [0.29, 0.717) is 5.75 Å². The fourth-order valence-corrected chi connectivity index (χ4v) is 1.69. The maximum Gasteiger partial charge on any atom is 0.342 e. The molecule has 0 unspecified atom stereocenters. The highest BCUT2D eigenvalue weighted by atomic mass is 16.6. The number of hydrogen-bond acceptors (Lipinski definition) is 5. The van der Waals surface area contributed by atoms with Gasteiger partial charge in [0.1, 0.15) is 5.56 Å². The van der Waals surface area contributed by atoms with Gasteiger partial charge >= 0.3 is 5.97 Å². The molecule has 6 heteroatoms. The Morgan fingerprint density at radius 3 is 2.30 bits per heavy atom. The van der Waals surface area contributed by atoms with Crippen LogP contribution in [0.5, 0.6) is 11.5 Å². The van der Waals surface area contributed by atoms with Gasteiger partial charge < -0.3 is 19.1 Å². The van der Waals surface area contributed by atoms with Crippen molar-refractivity contribution in [2.75, 3.05) is 28.3 Å². The second-order valence-electron chi connectivity index (χ2n) is 4.32. The summed E-state index contributed by atoms with van der Waals surface area (Å²) in [5, 5.41) is 0. The fraction of sp³-hybridized carbons (Fsp3) is 0.429. The van der Waals surface area contributed by atoms with Gasteiger partial charge in [-0.3, -0.25) is 4.79 Å². The smallest absolute Gasteiger partial charge is 0.342 e. The monoisotopic (exact) mass is 281 g/mol. The average Bonchev–Trinajstić information content (AvgIpc) is 2.44. The molecule has 20 heavy (non-hydrogen) atoms. The normalized spacial score (nSPS) is 11.4. The topological polar surface area (TPSA) is 65.1 Å². The lowest BCUT2D eigenvalue weighted by molar-refractivity contribution is -0.137. The Labute approximate surface area is 118 Å². The Hall–Kier alpha value is -2.24. The van der Waals surface area contributed by atoms with Crippen LogP contribution in [0.25, 0.3) is 0 Å². The molecule has 6 nitrogen and oxygen atoms in total. The van der Waals surface area contributed by atoms with Crippen LogP contribution in [0, 0.1) is 0 Å². The van der Waals surface area contributed by atoms with Crippen LogP contribution < -0.4 is 9.47 Å². The number of likely N-dealkylation sites (N-methyl/N-ethyl adjacent to an activating group) is 1. The molecular weight excluding hydrogens is 262 g/mol. The summed E-state index contributed by atoms with van der Waals surface area (Å²) in [4.78, 5) is 25.1. The summed E-state index contributed by atoms with van der Waals surface area (Å²) in [5.41, 5.74) is 0.213. The van der Waals surface area contributed by atoms with Gasteiger partial charge in [0.05, 0.1) is 14.2 Å². The molecule has 0 bridgehead atoms. The molecule has 0 N–H and O–H groups in total. The number of benzene rings is 1. The first kappa shape index (κ1) is 15.8. The third-order valence-electron chi connectivity index (χ3n) is 2.70. The highest BCUT2D eigenvalue weighted by Crippen LogP contribution is 2.31. The van der Waals surface area contributed by atoms with Gasteiger partial charge in [0, 0.05) is 14.1 Å². The highest BCUT2D eigenvalue weighted by Gasteiger charge is 2.23. The van der Waals surface area contributed by atoms with Crippen LogP contribution in [-0.4, -0.2) is 51.2 Å².